The SMILES string of the molecule is CS(=O)(=O)Cc1ccccc1NCC(=O)Nc1ccccc1SC(F)F. The number of thioether (sulfide) groups is 1. The summed E-state index contributed by atoms with van der Waals surface area (Å²) in [4.78, 5) is 12.4. The summed E-state index contributed by atoms with van der Waals surface area (Å²) in [5.41, 5.74) is 1.38. The Morgan fingerprint density at radius 2 is 1.69 bits per heavy atom. The molecule has 0 atom stereocenters. The Labute approximate surface area is 155 Å². The van der Waals surface area contributed by atoms with Gasteiger partial charge >= 0.3 is 0 Å². The molecule has 0 aliphatic carbocycles. The van der Waals surface area contributed by atoms with E-state index in [0.29, 0.717) is 28.7 Å². The van der Waals surface area contributed by atoms with Crippen molar-refractivity contribution in [3.05, 3.63) is 54.1 Å². The van der Waals surface area contributed by atoms with Crippen molar-refractivity contribution >= 4 is 38.9 Å². The van der Waals surface area contributed by atoms with Gasteiger partial charge in [0.1, 0.15) is 0 Å². The number of sulfone groups is 1. The van der Waals surface area contributed by atoms with Gasteiger partial charge in [0.2, 0.25) is 5.91 Å². The van der Waals surface area contributed by atoms with E-state index >= 15 is 0 Å². The summed E-state index contributed by atoms with van der Waals surface area (Å²) in [5.74, 6) is -3.17. The van der Waals surface area contributed by atoms with Crippen LogP contribution < -0.4 is 10.6 Å². The monoisotopic (exact) mass is 400 g/mol. The molecule has 0 saturated heterocycles. The van der Waals surface area contributed by atoms with E-state index in [0.717, 1.165) is 6.26 Å². The molecule has 2 aromatic rings. The zero-order chi connectivity index (χ0) is 19.2. The van der Waals surface area contributed by atoms with Crippen molar-refractivity contribution in [2.24, 2.45) is 0 Å². The summed E-state index contributed by atoms with van der Waals surface area (Å²) in [6.45, 7) is -0.131. The number of para-hydroxylation sites is 2. The predicted octanol–water partition coefficient (Wildman–Crippen LogP) is 3.60. The first-order valence-corrected chi connectivity index (χ1v) is 10.5. The number of hydrogen-bond donors (Lipinski definition) is 2. The van der Waals surface area contributed by atoms with Gasteiger partial charge in [-0.1, -0.05) is 42.1 Å². The topological polar surface area (TPSA) is 75.3 Å². The molecular weight excluding hydrogens is 382 g/mol. The van der Waals surface area contributed by atoms with Gasteiger partial charge in [-0.05, 0) is 23.8 Å². The zero-order valence-corrected chi connectivity index (χ0v) is 15.5. The number of amides is 1. The van der Waals surface area contributed by atoms with Crippen LogP contribution in [0.25, 0.3) is 0 Å². The van der Waals surface area contributed by atoms with Gasteiger partial charge in [-0.15, -0.1) is 0 Å². The molecule has 0 unspecified atom stereocenters. The summed E-state index contributed by atoms with van der Waals surface area (Å²) < 4.78 is 48.1. The van der Waals surface area contributed by atoms with E-state index in [2.05, 4.69) is 10.6 Å². The van der Waals surface area contributed by atoms with Gasteiger partial charge in [0, 0.05) is 16.8 Å². The minimum absolute atomic E-state index is 0.131. The third kappa shape index (κ3) is 6.64. The number of benzene rings is 2. The average molecular weight is 400 g/mol. The lowest BCUT2D eigenvalue weighted by molar-refractivity contribution is -0.114. The average Bonchev–Trinajstić information content (AvgIpc) is 2.54. The van der Waals surface area contributed by atoms with Crippen LogP contribution in [0.5, 0.6) is 0 Å². The summed E-state index contributed by atoms with van der Waals surface area (Å²) in [6, 6.07) is 13.1. The Hall–Kier alpha value is -2.13. The summed E-state index contributed by atoms with van der Waals surface area (Å²) in [6.07, 6.45) is 1.13. The van der Waals surface area contributed by atoms with Crippen LogP contribution in [0.1, 0.15) is 5.56 Å². The number of nitrogens with one attached hydrogen (secondary N) is 2. The normalized spacial score (nSPS) is 11.4. The first kappa shape index (κ1) is 20.2. The van der Waals surface area contributed by atoms with Crippen molar-refractivity contribution in [2.75, 3.05) is 23.4 Å². The van der Waals surface area contributed by atoms with Crippen LogP contribution in [0.15, 0.2) is 53.4 Å². The van der Waals surface area contributed by atoms with E-state index in [-0.39, 0.29) is 17.2 Å². The number of carbonyl (C=O) groups excluding carboxylic acids is 1. The highest BCUT2D eigenvalue weighted by Gasteiger charge is 2.13. The standard InChI is InChI=1S/C17H18F2N2O3S2/c1-26(23,24)11-12-6-2-3-7-13(12)20-10-16(22)21-14-8-4-5-9-15(14)25-17(18)19/h2-9,17,20H,10-11H2,1H3,(H,21,22). The third-order valence-electron chi connectivity index (χ3n) is 3.25. The van der Waals surface area contributed by atoms with Gasteiger partial charge in [0.25, 0.3) is 5.76 Å². The van der Waals surface area contributed by atoms with Gasteiger partial charge in [0.05, 0.1) is 18.0 Å². The van der Waals surface area contributed by atoms with Crippen LogP contribution in [0, 0.1) is 0 Å². The van der Waals surface area contributed by atoms with E-state index in [4.69, 9.17) is 0 Å². The number of hydrogen-bond acceptors (Lipinski definition) is 5. The van der Waals surface area contributed by atoms with Crippen molar-refractivity contribution in [1.82, 2.24) is 0 Å². The van der Waals surface area contributed by atoms with Gasteiger partial charge in [-0.2, -0.15) is 8.78 Å². The van der Waals surface area contributed by atoms with Crippen molar-refractivity contribution in [3.63, 3.8) is 0 Å². The van der Waals surface area contributed by atoms with Crippen molar-refractivity contribution < 1.29 is 22.0 Å². The lowest BCUT2D eigenvalue weighted by Gasteiger charge is -2.13. The Morgan fingerprint density at radius 3 is 2.35 bits per heavy atom. The second kappa shape index (κ2) is 9.00. The second-order valence-electron chi connectivity index (χ2n) is 5.50. The van der Waals surface area contributed by atoms with Crippen LogP contribution in [-0.2, 0) is 20.4 Å². The minimum atomic E-state index is -3.22. The smallest absolute Gasteiger partial charge is 0.288 e. The molecule has 0 aliphatic heterocycles. The molecule has 2 rings (SSSR count). The first-order chi connectivity index (χ1) is 12.2. The van der Waals surface area contributed by atoms with Crippen LogP contribution >= 0.6 is 11.8 Å². The molecule has 26 heavy (non-hydrogen) atoms. The van der Waals surface area contributed by atoms with Crippen LogP contribution in [0.3, 0.4) is 0 Å². The first-order valence-electron chi connectivity index (χ1n) is 7.58. The Kier molecular flexibility index (Phi) is 6.98. The summed E-state index contributed by atoms with van der Waals surface area (Å²) in [7, 11) is -3.22. The third-order valence-corrected chi connectivity index (χ3v) is 4.88. The number of rotatable bonds is 8. The number of alkyl halides is 2. The lowest BCUT2D eigenvalue weighted by Crippen LogP contribution is -2.22. The van der Waals surface area contributed by atoms with Gasteiger partial charge in [-0.25, -0.2) is 8.42 Å². The number of anilines is 2. The number of halogens is 2. The van der Waals surface area contributed by atoms with Gasteiger partial charge in [0.15, 0.2) is 9.84 Å². The van der Waals surface area contributed by atoms with Crippen molar-refractivity contribution in [2.45, 2.75) is 16.4 Å². The molecule has 0 spiro atoms. The van der Waals surface area contributed by atoms with Crippen molar-refractivity contribution in [3.8, 4) is 0 Å². The molecule has 140 valence electrons. The Bertz CT molecular complexity index is 874. The van der Waals surface area contributed by atoms with E-state index in [1.807, 2.05) is 0 Å². The van der Waals surface area contributed by atoms with Crippen molar-refractivity contribution in [1.29, 1.82) is 0 Å². The minimum Gasteiger partial charge on any atom is -0.376 e. The fraction of sp³-hybridized carbons (Fsp3) is 0.235. The van der Waals surface area contributed by atoms with Gasteiger partial charge < -0.3 is 10.6 Å². The van der Waals surface area contributed by atoms with Crippen LogP contribution in [-0.4, -0.2) is 32.9 Å². The fourth-order valence-electron chi connectivity index (χ4n) is 2.24. The largest absolute Gasteiger partial charge is 0.376 e. The van der Waals surface area contributed by atoms with E-state index < -0.39 is 21.5 Å². The molecule has 9 heteroatoms. The summed E-state index contributed by atoms with van der Waals surface area (Å²) >= 11 is 0.355. The molecule has 5 nitrogen and oxygen atoms in total. The highest BCUT2D eigenvalue weighted by molar-refractivity contribution is 7.99. The fourth-order valence-corrected chi connectivity index (χ4v) is 3.65. The van der Waals surface area contributed by atoms with E-state index in [9.17, 15) is 22.0 Å². The molecule has 0 radical (unpaired) electrons. The van der Waals surface area contributed by atoms with Crippen LogP contribution in [0.4, 0.5) is 20.2 Å². The lowest BCUT2D eigenvalue weighted by atomic mass is 10.2. The summed E-state index contributed by atoms with van der Waals surface area (Å²) in [5, 5.41) is 5.46. The quantitative estimate of drug-likeness (QED) is 0.663. The van der Waals surface area contributed by atoms with E-state index in [1.54, 1.807) is 42.5 Å². The molecule has 0 fully saturated rings. The van der Waals surface area contributed by atoms with Crippen LogP contribution in [0.2, 0.25) is 0 Å². The predicted molar refractivity (Wildman–Crippen MR) is 100 cm³/mol. The molecule has 0 bridgehead atoms. The molecule has 2 N–H and O–H groups in total. The molecule has 0 aromatic heterocycles. The highest BCUT2D eigenvalue weighted by atomic mass is 32.2. The molecule has 0 aliphatic rings. The zero-order valence-electron chi connectivity index (χ0n) is 13.9. The Balaban J connectivity index is 2.02. The second-order valence-corrected chi connectivity index (χ2v) is 8.68. The number of carbonyl (C=O) groups is 1. The molecule has 1 amide bonds. The molecule has 2 aromatic carbocycles. The Morgan fingerprint density at radius 1 is 1.08 bits per heavy atom. The maximum absolute atomic E-state index is 12.6. The molecule has 0 heterocycles. The highest BCUT2D eigenvalue weighted by Crippen LogP contribution is 2.31. The molecular formula is C17H18F2N2O3S2. The maximum Gasteiger partial charge on any atom is 0.288 e. The van der Waals surface area contributed by atoms with Gasteiger partial charge in [-0.3, -0.25) is 4.79 Å². The maximum atomic E-state index is 12.6. The molecule has 0 saturated carbocycles. The van der Waals surface area contributed by atoms with E-state index in [1.165, 1.54) is 6.07 Å².